The van der Waals surface area contributed by atoms with E-state index < -0.39 is 5.91 Å². The number of carbonyl (C=O) groups is 2. The number of rotatable bonds is 3. The molecule has 0 saturated carbocycles. The Kier molecular flexibility index (Phi) is 3.82. The zero-order valence-electron chi connectivity index (χ0n) is 7.69. The number of nitrogens with one attached hydrogen (secondary N) is 1. The van der Waals surface area contributed by atoms with Crippen LogP contribution in [0.1, 0.15) is 5.56 Å². The molecule has 0 bridgehead atoms. The van der Waals surface area contributed by atoms with E-state index in [0.29, 0.717) is 0 Å². The largest absolute Gasteiger partial charge is 0.322 e. The van der Waals surface area contributed by atoms with E-state index in [4.69, 9.17) is 5.73 Å². The molecule has 1 rings (SSSR count). The second-order valence-electron chi connectivity index (χ2n) is 2.84. The van der Waals surface area contributed by atoms with Crippen LogP contribution in [0.3, 0.4) is 0 Å². The van der Waals surface area contributed by atoms with Crippen molar-refractivity contribution in [1.82, 2.24) is 5.32 Å². The third-order valence-electron chi connectivity index (χ3n) is 1.67. The minimum absolute atomic E-state index is 0.166. The van der Waals surface area contributed by atoms with Crippen LogP contribution in [0.5, 0.6) is 0 Å². The van der Waals surface area contributed by atoms with Gasteiger partial charge in [-0.1, -0.05) is 30.3 Å². The van der Waals surface area contributed by atoms with Crippen LogP contribution in [0, 0.1) is 0 Å². The molecule has 0 heterocycles. The quantitative estimate of drug-likeness (QED) is 0.698. The fourth-order valence-corrected chi connectivity index (χ4v) is 1.03. The highest BCUT2D eigenvalue weighted by Crippen LogP contribution is 1.98. The Morgan fingerprint density at radius 3 is 2.36 bits per heavy atom. The molecule has 1 aromatic carbocycles. The highest BCUT2D eigenvalue weighted by atomic mass is 16.2. The van der Waals surface area contributed by atoms with E-state index >= 15 is 0 Å². The summed E-state index contributed by atoms with van der Waals surface area (Å²) in [6.45, 7) is -0.166. The molecule has 0 aromatic heterocycles. The lowest BCUT2D eigenvalue weighted by molar-refractivity contribution is -0.129. The van der Waals surface area contributed by atoms with Crippen LogP contribution in [0.25, 0.3) is 0 Å². The molecule has 0 radical (unpaired) electrons. The summed E-state index contributed by atoms with van der Waals surface area (Å²) in [5.41, 5.74) is 5.92. The number of hydrogen-bond acceptors (Lipinski definition) is 3. The normalized spacial score (nSPS) is 9.50. The molecule has 0 atom stereocenters. The first-order valence-corrected chi connectivity index (χ1v) is 4.29. The van der Waals surface area contributed by atoms with Crippen molar-refractivity contribution in [3.05, 3.63) is 35.9 Å². The molecule has 0 spiro atoms. The van der Waals surface area contributed by atoms with E-state index in [1.807, 2.05) is 30.3 Å². The lowest BCUT2D eigenvalue weighted by Crippen LogP contribution is -2.36. The Labute approximate surface area is 82.1 Å². The fourth-order valence-electron chi connectivity index (χ4n) is 1.03. The number of carbonyl (C=O) groups excluding carboxylic acids is 2. The van der Waals surface area contributed by atoms with Crippen molar-refractivity contribution >= 4 is 11.8 Å². The van der Waals surface area contributed by atoms with Crippen molar-refractivity contribution in [2.45, 2.75) is 6.42 Å². The van der Waals surface area contributed by atoms with Gasteiger partial charge in [0, 0.05) is 0 Å². The van der Waals surface area contributed by atoms with Gasteiger partial charge in [0.25, 0.3) is 0 Å². The van der Waals surface area contributed by atoms with Gasteiger partial charge in [-0.25, -0.2) is 0 Å². The van der Waals surface area contributed by atoms with Gasteiger partial charge >= 0.3 is 0 Å². The minimum Gasteiger partial charge on any atom is -0.322 e. The molecule has 74 valence electrons. The molecule has 4 heteroatoms. The topological polar surface area (TPSA) is 72.2 Å². The molecule has 14 heavy (non-hydrogen) atoms. The van der Waals surface area contributed by atoms with Crippen LogP contribution in [0.15, 0.2) is 30.3 Å². The third kappa shape index (κ3) is 3.37. The fraction of sp³-hybridized carbons (Fsp3) is 0.200. The highest BCUT2D eigenvalue weighted by Gasteiger charge is 2.05. The molecular formula is C10H12N2O2. The maximum absolute atomic E-state index is 11.2. The molecule has 0 aliphatic carbocycles. The molecule has 1 aromatic rings. The van der Waals surface area contributed by atoms with Crippen LogP contribution in [-0.4, -0.2) is 18.4 Å². The van der Waals surface area contributed by atoms with Gasteiger partial charge in [0.15, 0.2) is 0 Å². The van der Waals surface area contributed by atoms with Crippen molar-refractivity contribution in [3.63, 3.8) is 0 Å². The summed E-state index contributed by atoms with van der Waals surface area (Å²) in [5, 5.41) is 2.18. The minimum atomic E-state index is -0.453. The lowest BCUT2D eigenvalue weighted by atomic mass is 10.1. The Bertz CT molecular complexity index is 322. The van der Waals surface area contributed by atoms with Gasteiger partial charge in [-0.15, -0.1) is 0 Å². The maximum Gasteiger partial charge on any atom is 0.240 e. The van der Waals surface area contributed by atoms with Crippen molar-refractivity contribution in [2.75, 3.05) is 6.54 Å². The summed E-state index contributed by atoms with van der Waals surface area (Å²) >= 11 is 0. The first-order valence-electron chi connectivity index (χ1n) is 4.29. The van der Waals surface area contributed by atoms with Crippen LogP contribution in [0.2, 0.25) is 0 Å². The van der Waals surface area contributed by atoms with Gasteiger partial charge in [-0.05, 0) is 5.56 Å². The number of hydrogen-bond donors (Lipinski definition) is 2. The number of amides is 2. The Morgan fingerprint density at radius 2 is 1.79 bits per heavy atom. The number of nitrogens with two attached hydrogens (primary N) is 1. The van der Waals surface area contributed by atoms with Gasteiger partial charge < -0.3 is 5.73 Å². The van der Waals surface area contributed by atoms with Gasteiger partial charge in [-0.2, -0.15) is 0 Å². The first-order chi connectivity index (χ1) is 6.72. The van der Waals surface area contributed by atoms with E-state index in [2.05, 4.69) is 5.32 Å². The molecule has 0 saturated heterocycles. The van der Waals surface area contributed by atoms with Crippen molar-refractivity contribution in [3.8, 4) is 0 Å². The average molecular weight is 192 g/mol. The summed E-state index contributed by atoms with van der Waals surface area (Å²) in [4.78, 5) is 21.9. The molecule has 4 nitrogen and oxygen atoms in total. The van der Waals surface area contributed by atoms with Gasteiger partial charge in [0.2, 0.25) is 11.8 Å². The number of benzene rings is 1. The Morgan fingerprint density at radius 1 is 1.14 bits per heavy atom. The molecule has 0 aliphatic rings. The van der Waals surface area contributed by atoms with Crippen LogP contribution in [-0.2, 0) is 16.0 Å². The molecule has 3 N–H and O–H groups in total. The van der Waals surface area contributed by atoms with Crippen LogP contribution >= 0.6 is 0 Å². The van der Waals surface area contributed by atoms with E-state index in [0.717, 1.165) is 5.56 Å². The van der Waals surface area contributed by atoms with E-state index in [-0.39, 0.29) is 18.9 Å². The summed E-state index contributed by atoms with van der Waals surface area (Å²) < 4.78 is 0. The molecular weight excluding hydrogens is 180 g/mol. The average Bonchev–Trinajstić information content (AvgIpc) is 2.19. The van der Waals surface area contributed by atoms with E-state index in [1.165, 1.54) is 0 Å². The monoisotopic (exact) mass is 192 g/mol. The van der Waals surface area contributed by atoms with Crippen molar-refractivity contribution in [2.24, 2.45) is 5.73 Å². The first kappa shape index (κ1) is 10.4. The predicted octanol–water partition coefficient (Wildman–Crippen LogP) is -0.169. The summed E-state index contributed by atoms with van der Waals surface area (Å²) in [6.07, 6.45) is 0.201. The molecule has 0 unspecified atom stereocenters. The predicted molar refractivity (Wildman–Crippen MR) is 52.4 cm³/mol. The maximum atomic E-state index is 11.2. The summed E-state index contributed by atoms with van der Waals surface area (Å²) in [5.74, 6) is -0.780. The second kappa shape index (κ2) is 5.14. The highest BCUT2D eigenvalue weighted by molar-refractivity contribution is 5.96. The van der Waals surface area contributed by atoms with Crippen LogP contribution < -0.4 is 11.1 Å². The Hall–Kier alpha value is -1.68. The SMILES string of the molecule is NCC(=O)NC(=O)Cc1ccccc1. The van der Waals surface area contributed by atoms with Crippen molar-refractivity contribution in [1.29, 1.82) is 0 Å². The molecule has 0 aliphatic heterocycles. The summed E-state index contributed by atoms with van der Waals surface area (Å²) in [6, 6.07) is 9.20. The third-order valence-corrected chi connectivity index (χ3v) is 1.67. The second-order valence-corrected chi connectivity index (χ2v) is 2.84. The summed E-state index contributed by atoms with van der Waals surface area (Å²) in [7, 11) is 0. The molecule has 0 fully saturated rings. The number of imide groups is 1. The lowest BCUT2D eigenvalue weighted by Gasteiger charge is -2.01. The standard InChI is InChI=1S/C10H12N2O2/c11-7-10(14)12-9(13)6-8-4-2-1-3-5-8/h1-5H,6-7,11H2,(H,12,13,14). The zero-order valence-corrected chi connectivity index (χ0v) is 7.69. The van der Waals surface area contributed by atoms with Crippen molar-refractivity contribution < 1.29 is 9.59 Å². The van der Waals surface area contributed by atoms with Gasteiger partial charge in [0.05, 0.1) is 13.0 Å². The molecule has 2 amide bonds. The van der Waals surface area contributed by atoms with Gasteiger partial charge in [0.1, 0.15) is 0 Å². The van der Waals surface area contributed by atoms with Crippen LogP contribution in [0.4, 0.5) is 0 Å². The van der Waals surface area contributed by atoms with E-state index in [1.54, 1.807) is 0 Å². The van der Waals surface area contributed by atoms with E-state index in [9.17, 15) is 9.59 Å². The Balaban J connectivity index is 2.46. The smallest absolute Gasteiger partial charge is 0.240 e. The van der Waals surface area contributed by atoms with Gasteiger partial charge in [-0.3, -0.25) is 14.9 Å². The zero-order chi connectivity index (χ0) is 10.4.